The molecule has 0 unspecified atom stereocenters. The van der Waals surface area contributed by atoms with Crippen LogP contribution in [0.15, 0.2) is 39.8 Å². The van der Waals surface area contributed by atoms with Gasteiger partial charge in [-0.25, -0.2) is 13.4 Å². The number of benzene rings is 1. The van der Waals surface area contributed by atoms with Crippen molar-refractivity contribution in [2.24, 2.45) is 5.92 Å². The molecule has 1 aromatic carbocycles. The fraction of sp³-hybridized carbons (Fsp3) is 0.476. The normalized spacial score (nSPS) is 17.1. The van der Waals surface area contributed by atoms with Crippen LogP contribution in [0.4, 0.5) is 0 Å². The standard InChI is InChI=1S/C21H26N2O6S/c1-30(27,28)17-7-5-16(6-8-17)18-13-22-19(29-18)9-10-20(24)23-12-2-3-15(14-23)4-11-21(25)26/h5-8,13,15H,2-4,9-12,14H2,1H3,(H,25,26)/t15-/m1/s1. The maximum atomic E-state index is 12.5. The van der Waals surface area contributed by atoms with E-state index in [-0.39, 0.29) is 29.6 Å². The van der Waals surface area contributed by atoms with Gasteiger partial charge in [0.2, 0.25) is 5.91 Å². The number of aryl methyl sites for hydroxylation is 1. The first kappa shape index (κ1) is 22.0. The van der Waals surface area contributed by atoms with Crippen LogP contribution in [-0.4, -0.2) is 54.6 Å². The first-order valence-electron chi connectivity index (χ1n) is 9.97. The van der Waals surface area contributed by atoms with Crippen molar-refractivity contribution >= 4 is 21.7 Å². The van der Waals surface area contributed by atoms with Gasteiger partial charge in [0.1, 0.15) is 0 Å². The smallest absolute Gasteiger partial charge is 0.303 e. The van der Waals surface area contributed by atoms with E-state index in [1.807, 2.05) is 4.90 Å². The summed E-state index contributed by atoms with van der Waals surface area (Å²) in [5.74, 6) is 0.424. The van der Waals surface area contributed by atoms with Crippen LogP contribution in [0.25, 0.3) is 11.3 Å². The minimum absolute atomic E-state index is 0.0206. The highest BCUT2D eigenvalue weighted by molar-refractivity contribution is 7.90. The number of piperidine rings is 1. The van der Waals surface area contributed by atoms with Crippen LogP contribution < -0.4 is 0 Å². The molecule has 1 aliphatic rings. The summed E-state index contributed by atoms with van der Waals surface area (Å²) in [4.78, 5) is 29.6. The largest absolute Gasteiger partial charge is 0.481 e. The number of aromatic nitrogens is 1. The number of sulfone groups is 1. The van der Waals surface area contributed by atoms with Gasteiger partial charge in [-0.05, 0) is 49.4 Å². The number of carboxylic acids is 1. The average Bonchev–Trinajstić information content (AvgIpc) is 3.19. The molecule has 1 atom stereocenters. The number of carbonyl (C=O) groups is 2. The summed E-state index contributed by atoms with van der Waals surface area (Å²) in [5.41, 5.74) is 0.713. The van der Waals surface area contributed by atoms with Gasteiger partial charge in [-0.15, -0.1) is 0 Å². The molecule has 1 amide bonds. The van der Waals surface area contributed by atoms with Gasteiger partial charge >= 0.3 is 5.97 Å². The zero-order valence-electron chi connectivity index (χ0n) is 16.9. The molecule has 0 bridgehead atoms. The minimum Gasteiger partial charge on any atom is -0.481 e. The lowest BCUT2D eigenvalue weighted by atomic mass is 9.93. The Hall–Kier alpha value is -2.68. The third kappa shape index (κ3) is 5.91. The molecule has 0 aliphatic carbocycles. The van der Waals surface area contributed by atoms with Gasteiger partial charge in [-0.2, -0.15) is 0 Å². The fourth-order valence-electron chi connectivity index (χ4n) is 3.65. The maximum absolute atomic E-state index is 12.5. The topological polar surface area (TPSA) is 118 Å². The molecule has 8 nitrogen and oxygen atoms in total. The lowest BCUT2D eigenvalue weighted by molar-refractivity contribution is -0.137. The van der Waals surface area contributed by atoms with Crippen LogP contribution in [0, 0.1) is 5.92 Å². The molecule has 9 heteroatoms. The van der Waals surface area contributed by atoms with Crippen molar-refractivity contribution in [3.8, 4) is 11.3 Å². The second kappa shape index (κ2) is 9.42. The number of carboxylic acid groups (broad SMARTS) is 1. The van der Waals surface area contributed by atoms with Crippen molar-refractivity contribution in [1.29, 1.82) is 0 Å². The predicted octanol–water partition coefficient (Wildman–Crippen LogP) is 2.78. The Bertz CT molecular complexity index is 997. The molecule has 0 spiro atoms. The molecule has 1 aromatic heterocycles. The predicted molar refractivity (Wildman–Crippen MR) is 110 cm³/mol. The van der Waals surface area contributed by atoms with Crippen molar-refractivity contribution in [2.75, 3.05) is 19.3 Å². The summed E-state index contributed by atoms with van der Waals surface area (Å²) in [5, 5.41) is 8.84. The highest BCUT2D eigenvalue weighted by Crippen LogP contribution is 2.24. The Kier molecular flexibility index (Phi) is 6.91. The van der Waals surface area contributed by atoms with Crippen molar-refractivity contribution < 1.29 is 27.5 Å². The van der Waals surface area contributed by atoms with E-state index in [2.05, 4.69) is 4.98 Å². The molecule has 3 rings (SSSR count). The lowest BCUT2D eigenvalue weighted by Gasteiger charge is -2.32. The number of hydrogen-bond donors (Lipinski definition) is 1. The monoisotopic (exact) mass is 434 g/mol. The molecule has 1 N–H and O–H groups in total. The number of likely N-dealkylation sites (tertiary alicyclic amines) is 1. The van der Waals surface area contributed by atoms with Crippen LogP contribution in [0.2, 0.25) is 0 Å². The van der Waals surface area contributed by atoms with Crippen molar-refractivity contribution in [3.05, 3.63) is 36.4 Å². The van der Waals surface area contributed by atoms with Gasteiger partial charge in [-0.3, -0.25) is 9.59 Å². The SMILES string of the molecule is CS(=O)(=O)c1ccc(-c2cnc(CCC(=O)N3CCC[C@H](CCC(=O)O)C3)o2)cc1. The maximum Gasteiger partial charge on any atom is 0.303 e. The molecule has 1 aliphatic heterocycles. The molecule has 162 valence electrons. The summed E-state index contributed by atoms with van der Waals surface area (Å²) in [6, 6.07) is 6.37. The summed E-state index contributed by atoms with van der Waals surface area (Å²) in [6.07, 6.45) is 5.95. The highest BCUT2D eigenvalue weighted by atomic mass is 32.2. The van der Waals surface area contributed by atoms with Crippen molar-refractivity contribution in [3.63, 3.8) is 0 Å². The number of nitrogens with zero attached hydrogens (tertiary/aromatic N) is 2. The minimum atomic E-state index is -3.25. The second-order valence-electron chi connectivity index (χ2n) is 7.70. The Morgan fingerprint density at radius 2 is 1.97 bits per heavy atom. The zero-order chi connectivity index (χ0) is 21.7. The third-order valence-electron chi connectivity index (χ3n) is 5.31. The quantitative estimate of drug-likeness (QED) is 0.679. The van der Waals surface area contributed by atoms with Gasteiger partial charge in [0.25, 0.3) is 0 Å². The van der Waals surface area contributed by atoms with E-state index >= 15 is 0 Å². The second-order valence-corrected chi connectivity index (χ2v) is 9.71. The molecular formula is C21H26N2O6S. The van der Waals surface area contributed by atoms with Crippen LogP contribution in [-0.2, 0) is 25.8 Å². The van der Waals surface area contributed by atoms with E-state index in [4.69, 9.17) is 9.52 Å². The molecule has 30 heavy (non-hydrogen) atoms. The summed E-state index contributed by atoms with van der Waals surface area (Å²) in [7, 11) is -3.25. The average molecular weight is 435 g/mol. The number of amides is 1. The molecule has 2 heterocycles. The van der Waals surface area contributed by atoms with E-state index in [1.54, 1.807) is 18.3 Å². The Balaban J connectivity index is 1.53. The van der Waals surface area contributed by atoms with Crippen molar-refractivity contribution in [1.82, 2.24) is 9.88 Å². The molecule has 0 radical (unpaired) electrons. The van der Waals surface area contributed by atoms with E-state index in [9.17, 15) is 18.0 Å². The summed E-state index contributed by atoms with van der Waals surface area (Å²) < 4.78 is 28.8. The Labute approximate surface area is 175 Å². The summed E-state index contributed by atoms with van der Waals surface area (Å²) >= 11 is 0. The molecule has 1 fully saturated rings. The fourth-order valence-corrected chi connectivity index (χ4v) is 4.28. The molecule has 1 saturated heterocycles. The number of oxazole rings is 1. The summed E-state index contributed by atoms with van der Waals surface area (Å²) in [6.45, 7) is 1.31. The van der Waals surface area contributed by atoms with Crippen LogP contribution in [0.3, 0.4) is 0 Å². The number of rotatable bonds is 8. The van der Waals surface area contributed by atoms with Crippen LogP contribution in [0.5, 0.6) is 0 Å². The van der Waals surface area contributed by atoms with E-state index < -0.39 is 15.8 Å². The van der Waals surface area contributed by atoms with E-state index in [1.165, 1.54) is 12.1 Å². The first-order chi connectivity index (χ1) is 14.2. The third-order valence-corrected chi connectivity index (χ3v) is 6.44. The number of carbonyl (C=O) groups excluding carboxylic acids is 1. The van der Waals surface area contributed by atoms with Crippen LogP contribution >= 0.6 is 0 Å². The van der Waals surface area contributed by atoms with Gasteiger partial charge in [0.15, 0.2) is 21.5 Å². The van der Waals surface area contributed by atoms with Crippen LogP contribution in [0.1, 0.15) is 38.0 Å². The van der Waals surface area contributed by atoms with E-state index in [0.717, 1.165) is 19.1 Å². The molecular weight excluding hydrogens is 408 g/mol. The number of aliphatic carboxylic acids is 1. The Morgan fingerprint density at radius 3 is 2.63 bits per heavy atom. The lowest BCUT2D eigenvalue weighted by Crippen LogP contribution is -2.40. The zero-order valence-corrected chi connectivity index (χ0v) is 17.7. The van der Waals surface area contributed by atoms with Gasteiger partial charge in [-0.1, -0.05) is 0 Å². The first-order valence-corrected chi connectivity index (χ1v) is 11.9. The van der Waals surface area contributed by atoms with Gasteiger partial charge in [0, 0.05) is 44.2 Å². The van der Waals surface area contributed by atoms with Gasteiger partial charge < -0.3 is 14.4 Å². The molecule has 0 saturated carbocycles. The molecule has 2 aromatic rings. The van der Waals surface area contributed by atoms with Crippen molar-refractivity contribution in [2.45, 2.75) is 43.4 Å². The van der Waals surface area contributed by atoms with E-state index in [0.29, 0.717) is 43.1 Å². The highest BCUT2D eigenvalue weighted by Gasteiger charge is 2.24. The van der Waals surface area contributed by atoms with Gasteiger partial charge in [0.05, 0.1) is 11.1 Å². The number of hydrogen-bond acceptors (Lipinski definition) is 6. The Morgan fingerprint density at radius 1 is 1.23 bits per heavy atom.